The van der Waals surface area contributed by atoms with E-state index in [9.17, 15) is 4.79 Å². The first-order valence-corrected chi connectivity index (χ1v) is 16.4. The zero-order chi connectivity index (χ0) is 28.2. The van der Waals surface area contributed by atoms with Crippen molar-refractivity contribution >= 4 is 44.1 Å². The van der Waals surface area contributed by atoms with Crippen molar-refractivity contribution in [3.05, 3.63) is 96.1 Å². The van der Waals surface area contributed by atoms with E-state index >= 15 is 0 Å². The van der Waals surface area contributed by atoms with Gasteiger partial charge in [-0.25, -0.2) is 4.79 Å². The summed E-state index contributed by atoms with van der Waals surface area (Å²) in [5.41, 5.74) is 2.47. The maximum absolute atomic E-state index is 14.0. The van der Waals surface area contributed by atoms with Crippen molar-refractivity contribution < 1.29 is 9.53 Å². The van der Waals surface area contributed by atoms with E-state index in [0.717, 1.165) is 18.4 Å². The predicted octanol–water partition coefficient (Wildman–Crippen LogP) is 8.25. The average molecular weight is 561 g/mol. The van der Waals surface area contributed by atoms with Gasteiger partial charge in [0.15, 0.2) is 0 Å². The fourth-order valence-electron chi connectivity index (χ4n) is 4.69. The van der Waals surface area contributed by atoms with Crippen molar-refractivity contribution in [1.82, 2.24) is 0 Å². The van der Waals surface area contributed by atoms with Gasteiger partial charge >= 0.3 is 5.97 Å². The number of anilines is 2. The van der Waals surface area contributed by atoms with Gasteiger partial charge in [0.25, 0.3) is 0 Å². The van der Waals surface area contributed by atoms with Gasteiger partial charge in [-0.05, 0) is 54.2 Å². The van der Waals surface area contributed by atoms with Gasteiger partial charge in [0.05, 0.1) is 18.0 Å². The number of ether oxygens (including phenoxy) is 1. The second kappa shape index (κ2) is 12.2. The molecule has 0 radical (unpaired) electrons. The number of esters is 1. The molecule has 0 aromatic heterocycles. The summed E-state index contributed by atoms with van der Waals surface area (Å²) >= 11 is 0. The van der Waals surface area contributed by atoms with E-state index in [0.29, 0.717) is 6.61 Å². The SMILES string of the molecule is CCOC(=O)/C(=C\P(c1ccccc1)c1ccccc1)P1N(CC(C)(C)C)c2ccccc2N1CC(C)(C)C. The lowest BCUT2D eigenvalue weighted by atomic mass is 9.96. The molecule has 0 N–H and O–H groups in total. The van der Waals surface area contributed by atoms with Crippen molar-refractivity contribution in [3.63, 3.8) is 0 Å². The zero-order valence-corrected chi connectivity index (χ0v) is 26.2. The maximum atomic E-state index is 14.0. The molecule has 4 nitrogen and oxygen atoms in total. The molecule has 0 fully saturated rings. The summed E-state index contributed by atoms with van der Waals surface area (Å²) in [4.78, 5) is 14.0. The Labute approximate surface area is 237 Å². The van der Waals surface area contributed by atoms with E-state index in [4.69, 9.17) is 4.74 Å². The van der Waals surface area contributed by atoms with Crippen LogP contribution in [-0.2, 0) is 9.53 Å². The zero-order valence-electron chi connectivity index (χ0n) is 24.4. The first kappa shape index (κ1) is 29.3. The van der Waals surface area contributed by atoms with Crippen molar-refractivity contribution in [3.8, 4) is 0 Å². The van der Waals surface area contributed by atoms with Crippen molar-refractivity contribution in [1.29, 1.82) is 0 Å². The second-order valence-corrected chi connectivity index (χ2v) is 16.3. The van der Waals surface area contributed by atoms with Crippen molar-refractivity contribution in [2.75, 3.05) is 29.0 Å². The summed E-state index contributed by atoms with van der Waals surface area (Å²) in [7, 11) is -2.12. The topological polar surface area (TPSA) is 32.8 Å². The molecule has 3 aromatic carbocycles. The van der Waals surface area contributed by atoms with Crippen LogP contribution >= 0.6 is 16.1 Å². The standard InChI is InChI=1S/C33H42N2O2P2/c1-8-37-31(36)30(23-38(26-17-11-9-12-18-26)27-19-13-10-14-20-27)39-34(24-32(2,3)4)28-21-15-16-22-29(28)35(39)25-33(5,6)7/h9-23H,8,24-25H2,1-7H3/b30-23+. The van der Waals surface area contributed by atoms with Crippen molar-refractivity contribution in [2.24, 2.45) is 10.8 Å². The van der Waals surface area contributed by atoms with Crippen LogP contribution in [0.1, 0.15) is 48.5 Å². The van der Waals surface area contributed by atoms with Gasteiger partial charge in [-0.3, -0.25) is 0 Å². The van der Waals surface area contributed by atoms with E-state index in [1.54, 1.807) is 0 Å². The van der Waals surface area contributed by atoms with Crippen LogP contribution in [0.3, 0.4) is 0 Å². The summed E-state index contributed by atoms with van der Waals surface area (Å²) in [6, 6.07) is 29.8. The number of para-hydroxylation sites is 2. The molecule has 6 heteroatoms. The monoisotopic (exact) mass is 560 g/mol. The number of rotatable bonds is 8. The molecule has 0 amide bonds. The highest BCUT2D eigenvalue weighted by Gasteiger charge is 2.44. The molecular formula is C33H42N2O2P2. The Morgan fingerprint density at radius 2 is 1.15 bits per heavy atom. The average Bonchev–Trinajstić information content (AvgIpc) is 3.16. The van der Waals surface area contributed by atoms with Crippen LogP contribution in [-0.4, -0.2) is 25.7 Å². The number of carbonyl (C=O) groups is 1. The molecule has 0 saturated carbocycles. The molecule has 0 bridgehead atoms. The van der Waals surface area contributed by atoms with Gasteiger partial charge in [-0.1, -0.05) is 114 Å². The third-order valence-electron chi connectivity index (χ3n) is 6.16. The third-order valence-corrected chi connectivity index (χ3v) is 11.0. The largest absolute Gasteiger partial charge is 0.462 e. The summed E-state index contributed by atoms with van der Waals surface area (Å²) in [5, 5.41) is 3.21. The molecule has 0 atom stereocenters. The molecule has 0 unspecified atom stereocenters. The van der Waals surface area contributed by atoms with Crippen molar-refractivity contribution in [2.45, 2.75) is 48.5 Å². The Morgan fingerprint density at radius 3 is 1.54 bits per heavy atom. The minimum Gasteiger partial charge on any atom is -0.462 e. The molecule has 3 aromatic rings. The summed E-state index contributed by atoms with van der Waals surface area (Å²) < 4.78 is 10.8. The highest BCUT2D eigenvalue weighted by atomic mass is 31.1. The van der Waals surface area contributed by atoms with Gasteiger partial charge in [0.2, 0.25) is 0 Å². The van der Waals surface area contributed by atoms with E-state index in [1.165, 1.54) is 22.0 Å². The Hall–Kier alpha value is -2.67. The molecule has 0 saturated heterocycles. The Bertz CT molecular complexity index is 1200. The minimum atomic E-state index is -1.19. The highest BCUT2D eigenvalue weighted by molar-refractivity contribution is 7.77. The lowest BCUT2D eigenvalue weighted by Gasteiger charge is -2.39. The van der Waals surface area contributed by atoms with E-state index < -0.39 is 16.1 Å². The summed E-state index contributed by atoms with van der Waals surface area (Å²) in [6.45, 7) is 17.5. The maximum Gasteiger partial charge on any atom is 0.342 e. The lowest BCUT2D eigenvalue weighted by Crippen LogP contribution is -2.34. The molecule has 0 aliphatic carbocycles. The summed E-state index contributed by atoms with van der Waals surface area (Å²) in [5.74, 6) is 2.04. The quantitative estimate of drug-likeness (QED) is 0.158. The van der Waals surface area contributed by atoms with Crippen LogP contribution in [0.5, 0.6) is 0 Å². The number of carbonyl (C=O) groups excluding carboxylic acids is 1. The number of hydrogen-bond donors (Lipinski definition) is 0. The minimum absolute atomic E-state index is 0.0365. The van der Waals surface area contributed by atoms with Crippen LogP contribution < -0.4 is 19.9 Å². The molecule has 39 heavy (non-hydrogen) atoms. The number of benzene rings is 3. The third kappa shape index (κ3) is 7.30. The van der Waals surface area contributed by atoms with Gasteiger partial charge in [-0.2, -0.15) is 0 Å². The first-order chi connectivity index (χ1) is 18.5. The van der Waals surface area contributed by atoms with E-state index in [1.807, 2.05) is 19.1 Å². The van der Waals surface area contributed by atoms with Gasteiger partial charge in [-0.15, -0.1) is 0 Å². The lowest BCUT2D eigenvalue weighted by molar-refractivity contribution is -0.137. The molecule has 1 aliphatic heterocycles. The molecule has 0 spiro atoms. The van der Waals surface area contributed by atoms with Gasteiger partial charge < -0.3 is 14.1 Å². The van der Waals surface area contributed by atoms with E-state index in [-0.39, 0.29) is 16.8 Å². The number of fused-ring (bicyclic) bond motifs is 1. The smallest absolute Gasteiger partial charge is 0.342 e. The predicted molar refractivity (Wildman–Crippen MR) is 171 cm³/mol. The normalized spacial score (nSPS) is 14.6. The fourth-order valence-corrected chi connectivity index (χ4v) is 10.3. The number of nitrogens with zero attached hydrogens (tertiary/aromatic N) is 2. The van der Waals surface area contributed by atoms with Crippen LogP contribution in [0.25, 0.3) is 0 Å². The summed E-state index contributed by atoms with van der Waals surface area (Å²) in [6.07, 6.45) is 0. The van der Waals surface area contributed by atoms with Crippen LogP contribution in [0.15, 0.2) is 96.1 Å². The molecule has 1 heterocycles. The molecule has 206 valence electrons. The van der Waals surface area contributed by atoms with Gasteiger partial charge in [0.1, 0.15) is 13.5 Å². The highest BCUT2D eigenvalue weighted by Crippen LogP contribution is 2.66. The Morgan fingerprint density at radius 1 is 0.744 bits per heavy atom. The van der Waals surface area contributed by atoms with Gasteiger partial charge in [0, 0.05) is 13.1 Å². The molecule has 1 aliphatic rings. The van der Waals surface area contributed by atoms with Crippen LogP contribution in [0, 0.1) is 10.8 Å². The second-order valence-electron chi connectivity index (χ2n) is 12.3. The fraction of sp³-hybridized carbons (Fsp3) is 0.364. The number of hydrogen-bond acceptors (Lipinski definition) is 4. The van der Waals surface area contributed by atoms with Crippen LogP contribution in [0.2, 0.25) is 0 Å². The van der Waals surface area contributed by atoms with E-state index in [2.05, 4.69) is 129 Å². The first-order valence-electron chi connectivity index (χ1n) is 13.7. The molecule has 4 rings (SSSR count). The Balaban J connectivity index is 1.96. The molecular weight excluding hydrogens is 518 g/mol. The Kier molecular flexibility index (Phi) is 9.20. The van der Waals surface area contributed by atoms with Crippen LogP contribution in [0.4, 0.5) is 11.4 Å².